The number of amides is 1. The number of nitrogens with zero attached hydrogens (tertiary/aromatic N) is 5. The van der Waals surface area contributed by atoms with Crippen molar-refractivity contribution in [3.8, 4) is 0 Å². The van der Waals surface area contributed by atoms with Crippen molar-refractivity contribution in [2.45, 2.75) is 51.7 Å². The van der Waals surface area contributed by atoms with Crippen LogP contribution in [0, 0.1) is 5.92 Å². The van der Waals surface area contributed by atoms with Crippen molar-refractivity contribution in [2.24, 2.45) is 11.7 Å². The number of aliphatic hydroxyl groups is 1. The van der Waals surface area contributed by atoms with Gasteiger partial charge in [-0.1, -0.05) is 12.1 Å². The molecule has 1 fully saturated rings. The smallest absolute Gasteiger partial charge is 0.391 e. The number of rotatable bonds is 8. The Morgan fingerprint density at radius 2 is 1.94 bits per heavy atom. The van der Waals surface area contributed by atoms with Crippen molar-refractivity contribution in [1.29, 1.82) is 0 Å². The van der Waals surface area contributed by atoms with Gasteiger partial charge < -0.3 is 20.3 Å². The molecular formula is C25H31F3N6O2. The van der Waals surface area contributed by atoms with E-state index in [-0.39, 0.29) is 18.5 Å². The summed E-state index contributed by atoms with van der Waals surface area (Å²) in [7, 11) is 0. The van der Waals surface area contributed by atoms with Crippen LogP contribution in [0.1, 0.15) is 31.4 Å². The van der Waals surface area contributed by atoms with Gasteiger partial charge >= 0.3 is 6.18 Å². The fraction of sp³-hybridized carbons (Fsp3) is 0.480. The van der Waals surface area contributed by atoms with Crippen molar-refractivity contribution in [2.75, 3.05) is 24.5 Å². The second-order valence-electron chi connectivity index (χ2n) is 9.64. The van der Waals surface area contributed by atoms with Crippen LogP contribution in [0.15, 0.2) is 42.9 Å². The normalized spacial score (nSPS) is 19.2. The summed E-state index contributed by atoms with van der Waals surface area (Å²) in [6, 6.07) is 7.15. The Kier molecular flexibility index (Phi) is 7.51. The molecule has 11 heteroatoms. The Balaban J connectivity index is 1.54. The number of hydrogen-bond acceptors (Lipinski definition) is 6. The molecule has 1 aliphatic heterocycles. The number of hydrogen-bond donors (Lipinski definition) is 2. The molecule has 2 aromatic heterocycles. The van der Waals surface area contributed by atoms with E-state index >= 15 is 0 Å². The van der Waals surface area contributed by atoms with E-state index in [1.165, 1.54) is 18.5 Å². The van der Waals surface area contributed by atoms with Gasteiger partial charge in [-0.25, -0.2) is 9.97 Å². The Morgan fingerprint density at radius 1 is 1.22 bits per heavy atom. The van der Waals surface area contributed by atoms with Crippen molar-refractivity contribution >= 4 is 22.8 Å². The van der Waals surface area contributed by atoms with Crippen LogP contribution in [0.5, 0.6) is 0 Å². The lowest BCUT2D eigenvalue weighted by Crippen LogP contribution is -2.47. The summed E-state index contributed by atoms with van der Waals surface area (Å²) in [5, 5.41) is 11.5. The van der Waals surface area contributed by atoms with Gasteiger partial charge in [0.2, 0.25) is 5.91 Å². The van der Waals surface area contributed by atoms with Crippen molar-refractivity contribution < 1.29 is 23.1 Å². The summed E-state index contributed by atoms with van der Waals surface area (Å²) in [6.07, 6.45) is -0.838. The summed E-state index contributed by atoms with van der Waals surface area (Å²) in [4.78, 5) is 24.1. The molecule has 3 N–H and O–H groups in total. The molecule has 1 saturated heterocycles. The number of aliphatic hydroxyl groups excluding tert-OH is 1. The number of likely N-dealkylation sites (tertiary alicyclic amines) is 1. The first-order valence-electron chi connectivity index (χ1n) is 11.9. The molecule has 0 bridgehead atoms. The van der Waals surface area contributed by atoms with Crippen molar-refractivity contribution in [3.63, 3.8) is 0 Å². The lowest BCUT2D eigenvalue weighted by molar-refractivity contribution is -0.137. The second-order valence-corrected chi connectivity index (χ2v) is 9.64. The highest BCUT2D eigenvalue weighted by Crippen LogP contribution is 2.31. The molecule has 36 heavy (non-hydrogen) atoms. The molecule has 4 rings (SSSR count). The minimum Gasteiger partial charge on any atom is -0.391 e. The van der Waals surface area contributed by atoms with Gasteiger partial charge in [0.1, 0.15) is 17.8 Å². The van der Waals surface area contributed by atoms with Crippen LogP contribution in [-0.4, -0.2) is 62.2 Å². The van der Waals surface area contributed by atoms with Crippen LogP contribution in [0.4, 0.5) is 19.0 Å². The van der Waals surface area contributed by atoms with E-state index in [0.717, 1.165) is 35.2 Å². The highest BCUT2D eigenvalue weighted by Gasteiger charge is 2.31. The van der Waals surface area contributed by atoms with Crippen LogP contribution in [0.2, 0.25) is 0 Å². The topological polar surface area (TPSA) is 101 Å². The Morgan fingerprint density at radius 3 is 2.56 bits per heavy atom. The van der Waals surface area contributed by atoms with Gasteiger partial charge in [0.15, 0.2) is 0 Å². The SMILES string of the molecule is CC(C)N(Cc1ccc(C(F)(F)F)cc1)c1ncnc2c1ccn2CC1CCN(CC(N)=O)CC1O. The molecular weight excluding hydrogens is 473 g/mol. The third kappa shape index (κ3) is 5.79. The predicted molar refractivity (Wildman–Crippen MR) is 130 cm³/mol. The maximum atomic E-state index is 12.9. The molecule has 3 aromatic rings. The fourth-order valence-corrected chi connectivity index (χ4v) is 4.74. The van der Waals surface area contributed by atoms with Gasteiger partial charge in [-0.2, -0.15) is 13.2 Å². The highest BCUT2D eigenvalue weighted by molar-refractivity contribution is 5.88. The molecule has 0 spiro atoms. The zero-order valence-corrected chi connectivity index (χ0v) is 20.3. The molecule has 1 amide bonds. The minimum absolute atomic E-state index is 0.00325. The summed E-state index contributed by atoms with van der Waals surface area (Å²) >= 11 is 0. The maximum absolute atomic E-state index is 12.9. The minimum atomic E-state index is -4.37. The second kappa shape index (κ2) is 10.4. The number of halogens is 3. The number of alkyl halides is 3. The fourth-order valence-electron chi connectivity index (χ4n) is 4.74. The Hall–Kier alpha value is -3.18. The van der Waals surface area contributed by atoms with Gasteiger partial charge in [-0.3, -0.25) is 9.69 Å². The number of β-amino-alcohol motifs (C(OH)–C–C–N with tert-alkyl or cyclic N) is 1. The predicted octanol–water partition coefficient (Wildman–Crippen LogP) is 3.03. The van der Waals surface area contributed by atoms with E-state index in [1.807, 2.05) is 40.5 Å². The number of carbonyl (C=O) groups is 1. The average molecular weight is 505 g/mol. The summed E-state index contributed by atoms with van der Waals surface area (Å²) in [6.45, 7) is 6.17. The zero-order valence-electron chi connectivity index (χ0n) is 20.3. The molecule has 0 saturated carbocycles. The molecule has 2 unspecified atom stereocenters. The zero-order chi connectivity index (χ0) is 26.0. The Bertz CT molecular complexity index is 1190. The van der Waals surface area contributed by atoms with Gasteiger partial charge in [-0.15, -0.1) is 0 Å². The van der Waals surface area contributed by atoms with Gasteiger partial charge in [-0.05, 0) is 50.6 Å². The van der Waals surface area contributed by atoms with Crippen LogP contribution in [0.3, 0.4) is 0 Å². The number of carbonyl (C=O) groups excluding carboxylic acids is 1. The quantitative estimate of drug-likeness (QED) is 0.489. The van der Waals surface area contributed by atoms with Crippen LogP contribution < -0.4 is 10.6 Å². The number of primary amides is 1. The first kappa shape index (κ1) is 25.9. The molecule has 194 valence electrons. The number of aromatic nitrogens is 3. The molecule has 8 nitrogen and oxygen atoms in total. The summed E-state index contributed by atoms with van der Waals surface area (Å²) in [5.74, 6) is 0.286. The summed E-state index contributed by atoms with van der Waals surface area (Å²) in [5.41, 5.74) is 6.07. The van der Waals surface area contributed by atoms with E-state index in [1.54, 1.807) is 0 Å². The number of fused-ring (bicyclic) bond motifs is 1. The number of anilines is 1. The van der Waals surface area contributed by atoms with Crippen LogP contribution in [0.25, 0.3) is 11.0 Å². The Labute approximate surface area is 207 Å². The van der Waals surface area contributed by atoms with E-state index in [0.29, 0.717) is 32.0 Å². The van der Waals surface area contributed by atoms with Gasteiger partial charge in [0.25, 0.3) is 0 Å². The largest absolute Gasteiger partial charge is 0.416 e. The van der Waals surface area contributed by atoms with Gasteiger partial charge in [0.05, 0.1) is 23.6 Å². The molecule has 2 atom stereocenters. The van der Waals surface area contributed by atoms with E-state index < -0.39 is 23.8 Å². The third-order valence-corrected chi connectivity index (χ3v) is 6.68. The van der Waals surface area contributed by atoms with E-state index in [4.69, 9.17) is 5.73 Å². The lowest BCUT2D eigenvalue weighted by atomic mass is 9.93. The van der Waals surface area contributed by atoms with Crippen molar-refractivity contribution in [1.82, 2.24) is 19.4 Å². The summed E-state index contributed by atoms with van der Waals surface area (Å²) < 4.78 is 40.8. The standard InChI is InChI=1S/C25H31F3N6O2/c1-16(2)34(11-17-3-5-19(6-4-17)25(26,27)28)24-20-8-10-33(23(20)30-15-31-24)12-18-7-9-32(13-21(18)35)14-22(29)36/h3-6,8,10,15-16,18,21,35H,7,9,11-14H2,1-2H3,(H2,29,36). The highest BCUT2D eigenvalue weighted by atomic mass is 19.4. The number of nitrogens with two attached hydrogens (primary N) is 1. The molecule has 1 aliphatic rings. The molecule has 1 aromatic carbocycles. The van der Waals surface area contributed by atoms with E-state index in [2.05, 4.69) is 9.97 Å². The molecule has 3 heterocycles. The van der Waals surface area contributed by atoms with Crippen LogP contribution in [-0.2, 0) is 24.1 Å². The van der Waals surface area contributed by atoms with Crippen molar-refractivity contribution in [3.05, 3.63) is 54.0 Å². The first-order chi connectivity index (χ1) is 17.0. The number of piperidine rings is 1. The molecule has 0 aliphatic carbocycles. The average Bonchev–Trinajstić information content (AvgIpc) is 3.21. The molecule has 0 radical (unpaired) electrons. The first-order valence-corrected chi connectivity index (χ1v) is 11.9. The van der Waals surface area contributed by atoms with Gasteiger partial charge in [0, 0.05) is 37.8 Å². The van der Waals surface area contributed by atoms with Crippen LogP contribution >= 0.6 is 0 Å². The third-order valence-electron chi connectivity index (χ3n) is 6.68. The number of benzene rings is 1. The van der Waals surface area contributed by atoms with E-state index in [9.17, 15) is 23.1 Å². The lowest BCUT2D eigenvalue weighted by Gasteiger charge is -2.35. The maximum Gasteiger partial charge on any atom is 0.416 e. The monoisotopic (exact) mass is 504 g/mol.